The van der Waals surface area contributed by atoms with E-state index in [2.05, 4.69) is 5.32 Å². The van der Waals surface area contributed by atoms with Gasteiger partial charge in [0.05, 0.1) is 12.0 Å². The van der Waals surface area contributed by atoms with Gasteiger partial charge < -0.3 is 20.2 Å². The van der Waals surface area contributed by atoms with Crippen LogP contribution in [0.4, 0.5) is 13.6 Å². The number of carboxylic acid groups (broad SMARTS) is 1. The number of halogens is 2. The smallest absolute Gasteiger partial charge is 0.317 e. The lowest BCUT2D eigenvalue weighted by atomic mass is 10.1. The predicted octanol–water partition coefficient (Wildman–Crippen LogP) is 0.907. The van der Waals surface area contributed by atoms with E-state index >= 15 is 0 Å². The molecule has 1 aliphatic heterocycles. The van der Waals surface area contributed by atoms with Crippen molar-refractivity contribution in [1.29, 1.82) is 0 Å². The van der Waals surface area contributed by atoms with Crippen LogP contribution in [-0.2, 0) is 4.79 Å². The van der Waals surface area contributed by atoms with Gasteiger partial charge in [0.25, 0.3) is 5.91 Å². The second kappa shape index (κ2) is 7.71. The van der Waals surface area contributed by atoms with Crippen molar-refractivity contribution in [1.82, 2.24) is 15.1 Å². The average molecular weight is 341 g/mol. The zero-order chi connectivity index (χ0) is 17.7. The van der Waals surface area contributed by atoms with Gasteiger partial charge in [0, 0.05) is 38.8 Å². The van der Waals surface area contributed by atoms with Crippen molar-refractivity contribution in [3.63, 3.8) is 0 Å². The summed E-state index contributed by atoms with van der Waals surface area (Å²) >= 11 is 0. The number of carbonyl (C=O) groups is 3. The molecule has 24 heavy (non-hydrogen) atoms. The Kier molecular flexibility index (Phi) is 5.67. The molecule has 0 aromatic heterocycles. The molecular formula is C15H17F2N3O4. The maximum absolute atomic E-state index is 13.7. The van der Waals surface area contributed by atoms with Crippen LogP contribution in [0.2, 0.25) is 0 Å². The number of amides is 3. The van der Waals surface area contributed by atoms with E-state index in [4.69, 9.17) is 5.11 Å². The van der Waals surface area contributed by atoms with Crippen LogP contribution >= 0.6 is 0 Å². The van der Waals surface area contributed by atoms with E-state index in [0.29, 0.717) is 6.07 Å². The molecule has 1 heterocycles. The van der Waals surface area contributed by atoms with Crippen LogP contribution in [0, 0.1) is 11.6 Å². The summed E-state index contributed by atoms with van der Waals surface area (Å²) in [5.74, 6) is -3.24. The van der Waals surface area contributed by atoms with E-state index in [1.165, 1.54) is 9.80 Å². The van der Waals surface area contributed by atoms with Gasteiger partial charge in [-0.05, 0) is 12.1 Å². The van der Waals surface area contributed by atoms with Gasteiger partial charge >= 0.3 is 12.0 Å². The van der Waals surface area contributed by atoms with Gasteiger partial charge in [0.1, 0.15) is 11.6 Å². The van der Waals surface area contributed by atoms with E-state index in [1.807, 2.05) is 0 Å². The standard InChI is InChI=1S/C15H17F2N3O4/c16-10-1-2-11(12(17)9-10)14(23)19-5-7-20(8-6-19)15(24)18-4-3-13(21)22/h1-2,9H,3-8H2,(H,18,24)(H,21,22). The maximum atomic E-state index is 13.7. The fourth-order valence-corrected chi connectivity index (χ4v) is 2.33. The second-order valence-corrected chi connectivity index (χ2v) is 5.28. The summed E-state index contributed by atoms with van der Waals surface area (Å²) in [6.45, 7) is 0.930. The van der Waals surface area contributed by atoms with Crippen LogP contribution < -0.4 is 5.32 Å². The molecule has 2 N–H and O–H groups in total. The number of nitrogens with zero attached hydrogens (tertiary/aromatic N) is 2. The highest BCUT2D eigenvalue weighted by Crippen LogP contribution is 2.14. The first-order valence-electron chi connectivity index (χ1n) is 7.37. The van der Waals surface area contributed by atoms with Gasteiger partial charge in [-0.2, -0.15) is 0 Å². The summed E-state index contributed by atoms with van der Waals surface area (Å²) in [6.07, 6.45) is -0.173. The van der Waals surface area contributed by atoms with Gasteiger partial charge in [-0.15, -0.1) is 0 Å². The first-order valence-corrected chi connectivity index (χ1v) is 7.37. The minimum absolute atomic E-state index is 0.0219. The second-order valence-electron chi connectivity index (χ2n) is 5.28. The van der Waals surface area contributed by atoms with E-state index in [1.54, 1.807) is 0 Å². The molecule has 2 rings (SSSR count). The summed E-state index contributed by atoms with van der Waals surface area (Å²) in [5, 5.41) is 11.0. The number of urea groups is 1. The van der Waals surface area contributed by atoms with Gasteiger partial charge in [-0.1, -0.05) is 0 Å². The van der Waals surface area contributed by atoms with Crippen molar-refractivity contribution >= 4 is 17.9 Å². The lowest BCUT2D eigenvalue weighted by Crippen LogP contribution is -2.53. The third kappa shape index (κ3) is 4.40. The van der Waals surface area contributed by atoms with Gasteiger partial charge in [0.15, 0.2) is 0 Å². The Labute approximate surface area is 136 Å². The van der Waals surface area contributed by atoms with E-state index in [-0.39, 0.29) is 44.7 Å². The number of nitrogens with one attached hydrogen (secondary N) is 1. The third-order valence-corrected chi connectivity index (χ3v) is 3.63. The van der Waals surface area contributed by atoms with E-state index in [9.17, 15) is 23.2 Å². The minimum atomic E-state index is -1.01. The molecule has 1 aromatic carbocycles. The fraction of sp³-hybridized carbons (Fsp3) is 0.400. The van der Waals surface area contributed by atoms with Gasteiger partial charge in [0.2, 0.25) is 0 Å². The third-order valence-electron chi connectivity index (χ3n) is 3.63. The number of piperazine rings is 1. The van der Waals surface area contributed by atoms with Crippen molar-refractivity contribution in [2.75, 3.05) is 32.7 Å². The molecular weight excluding hydrogens is 324 g/mol. The minimum Gasteiger partial charge on any atom is -0.481 e. The maximum Gasteiger partial charge on any atom is 0.317 e. The molecule has 0 spiro atoms. The van der Waals surface area contributed by atoms with Crippen molar-refractivity contribution in [2.24, 2.45) is 0 Å². The lowest BCUT2D eigenvalue weighted by molar-refractivity contribution is -0.136. The molecule has 7 nitrogen and oxygen atoms in total. The Bertz CT molecular complexity index is 646. The number of carbonyl (C=O) groups excluding carboxylic acids is 2. The van der Waals surface area contributed by atoms with Crippen LogP contribution in [0.25, 0.3) is 0 Å². The largest absolute Gasteiger partial charge is 0.481 e. The predicted molar refractivity (Wildman–Crippen MR) is 79.5 cm³/mol. The monoisotopic (exact) mass is 341 g/mol. The molecule has 1 fully saturated rings. The SMILES string of the molecule is O=C(O)CCNC(=O)N1CCN(C(=O)c2ccc(F)cc2F)CC1. The quantitative estimate of drug-likeness (QED) is 0.852. The molecule has 0 aliphatic carbocycles. The number of rotatable bonds is 4. The zero-order valence-electron chi connectivity index (χ0n) is 12.8. The molecule has 9 heteroatoms. The van der Waals surface area contributed by atoms with Crippen LogP contribution in [0.5, 0.6) is 0 Å². The molecule has 1 aromatic rings. The highest BCUT2D eigenvalue weighted by Gasteiger charge is 2.26. The average Bonchev–Trinajstić information content (AvgIpc) is 2.54. The molecule has 130 valence electrons. The first kappa shape index (κ1) is 17.6. The summed E-state index contributed by atoms with van der Waals surface area (Å²) in [6, 6.07) is 2.36. The molecule has 0 radical (unpaired) electrons. The van der Waals surface area contributed by atoms with Crippen molar-refractivity contribution < 1.29 is 28.3 Å². The summed E-state index contributed by atoms with van der Waals surface area (Å²) in [7, 11) is 0. The zero-order valence-corrected chi connectivity index (χ0v) is 12.8. The highest BCUT2D eigenvalue weighted by molar-refractivity contribution is 5.94. The van der Waals surface area contributed by atoms with Crippen molar-refractivity contribution in [3.05, 3.63) is 35.4 Å². The van der Waals surface area contributed by atoms with Crippen LogP contribution in [-0.4, -0.2) is 65.5 Å². The Morgan fingerprint density at radius 1 is 1.08 bits per heavy atom. The molecule has 3 amide bonds. The van der Waals surface area contributed by atoms with E-state index in [0.717, 1.165) is 12.1 Å². The summed E-state index contributed by atoms with van der Waals surface area (Å²) in [4.78, 5) is 37.3. The molecule has 0 bridgehead atoms. The molecule has 0 unspecified atom stereocenters. The van der Waals surface area contributed by atoms with E-state index < -0.39 is 29.5 Å². The molecule has 0 saturated carbocycles. The van der Waals surface area contributed by atoms with Gasteiger partial charge in [-0.3, -0.25) is 9.59 Å². The van der Waals surface area contributed by atoms with Crippen LogP contribution in [0.3, 0.4) is 0 Å². The molecule has 0 atom stereocenters. The molecule has 1 saturated heterocycles. The fourth-order valence-electron chi connectivity index (χ4n) is 2.33. The number of aliphatic carboxylic acids is 1. The van der Waals surface area contributed by atoms with Crippen molar-refractivity contribution in [2.45, 2.75) is 6.42 Å². The Morgan fingerprint density at radius 3 is 2.29 bits per heavy atom. The lowest BCUT2D eigenvalue weighted by Gasteiger charge is -2.34. The van der Waals surface area contributed by atoms with Crippen molar-refractivity contribution in [3.8, 4) is 0 Å². The Balaban J connectivity index is 1.86. The summed E-state index contributed by atoms with van der Waals surface area (Å²) < 4.78 is 26.5. The van der Waals surface area contributed by atoms with Crippen LogP contribution in [0.1, 0.15) is 16.8 Å². The topological polar surface area (TPSA) is 89.9 Å². The Hall–Kier alpha value is -2.71. The highest BCUT2D eigenvalue weighted by atomic mass is 19.1. The summed E-state index contributed by atoms with van der Waals surface area (Å²) in [5.41, 5.74) is -0.212. The number of hydrogen-bond donors (Lipinski definition) is 2. The van der Waals surface area contributed by atoms with Crippen LogP contribution in [0.15, 0.2) is 18.2 Å². The first-order chi connectivity index (χ1) is 11.4. The number of carboxylic acids is 1. The normalized spacial score (nSPS) is 14.4. The Morgan fingerprint density at radius 2 is 1.71 bits per heavy atom. The van der Waals surface area contributed by atoms with Gasteiger partial charge in [-0.25, -0.2) is 13.6 Å². The number of hydrogen-bond acceptors (Lipinski definition) is 3. The molecule has 1 aliphatic rings. The number of benzene rings is 1.